The summed E-state index contributed by atoms with van der Waals surface area (Å²) in [6.07, 6.45) is 1.24. The number of hydrogen-bond donors (Lipinski definition) is 4. The molecule has 10 heteroatoms. The Hall–Kier alpha value is -1.94. The predicted octanol–water partition coefficient (Wildman–Crippen LogP) is -1.41. The van der Waals surface area contributed by atoms with E-state index in [9.17, 15) is 22.8 Å². The molecule has 1 atom stereocenters. The Labute approximate surface area is 107 Å². The van der Waals surface area contributed by atoms with E-state index < -0.39 is 38.2 Å². The Morgan fingerprint density at radius 3 is 2.58 bits per heavy atom. The van der Waals surface area contributed by atoms with E-state index in [-0.39, 0.29) is 6.42 Å². The molecule has 0 aliphatic rings. The largest absolute Gasteiger partial charge is 0.480 e. The number of H-pyrrole nitrogens is 2. The normalized spacial score (nSPS) is 13.1. The summed E-state index contributed by atoms with van der Waals surface area (Å²) in [7, 11) is -4.32. The Morgan fingerprint density at radius 2 is 2.11 bits per heavy atom. The number of sulfonamides is 1. The molecule has 9 nitrogen and oxygen atoms in total. The molecule has 0 saturated heterocycles. The maximum absolute atomic E-state index is 11.8. The van der Waals surface area contributed by atoms with Gasteiger partial charge in [0.15, 0.2) is 4.90 Å². The number of nitrogens with one attached hydrogen (secondary N) is 3. The second-order valence-electron chi connectivity index (χ2n) is 3.74. The van der Waals surface area contributed by atoms with Crippen LogP contribution in [0.4, 0.5) is 0 Å². The minimum absolute atomic E-state index is 0.0792. The third-order valence-electron chi connectivity index (χ3n) is 2.25. The molecular weight excluding hydrogens is 278 g/mol. The van der Waals surface area contributed by atoms with Crippen molar-refractivity contribution in [3.8, 4) is 0 Å². The van der Waals surface area contributed by atoms with E-state index in [2.05, 4.69) is 0 Å². The van der Waals surface area contributed by atoms with Gasteiger partial charge in [-0.05, 0) is 6.42 Å². The van der Waals surface area contributed by atoms with Gasteiger partial charge in [-0.25, -0.2) is 13.2 Å². The molecule has 0 aliphatic heterocycles. The minimum atomic E-state index is -4.32. The summed E-state index contributed by atoms with van der Waals surface area (Å²) in [6, 6.07) is -1.33. The van der Waals surface area contributed by atoms with Gasteiger partial charge >= 0.3 is 11.7 Å². The Bertz CT molecular complexity index is 674. The van der Waals surface area contributed by atoms with Crippen molar-refractivity contribution in [2.75, 3.05) is 0 Å². The molecule has 106 valence electrons. The fraction of sp³-hybridized carbons (Fsp3) is 0.444. The second-order valence-corrected chi connectivity index (χ2v) is 5.42. The summed E-state index contributed by atoms with van der Waals surface area (Å²) in [6.45, 7) is 1.69. The van der Waals surface area contributed by atoms with Crippen molar-refractivity contribution < 1.29 is 18.3 Å². The van der Waals surface area contributed by atoms with Crippen molar-refractivity contribution >= 4 is 16.0 Å². The number of carboxylic acid groups (broad SMARTS) is 1. The van der Waals surface area contributed by atoms with Crippen LogP contribution in [0.5, 0.6) is 0 Å². The second kappa shape index (κ2) is 5.80. The first kappa shape index (κ1) is 15.1. The molecule has 0 amide bonds. The van der Waals surface area contributed by atoms with E-state index in [1.54, 1.807) is 11.9 Å². The maximum atomic E-state index is 11.8. The number of aromatic amines is 2. The third-order valence-corrected chi connectivity index (χ3v) is 3.72. The van der Waals surface area contributed by atoms with Crippen molar-refractivity contribution in [2.24, 2.45) is 0 Å². The molecule has 1 rings (SSSR count). The van der Waals surface area contributed by atoms with Gasteiger partial charge in [-0.15, -0.1) is 0 Å². The molecule has 0 aliphatic carbocycles. The van der Waals surface area contributed by atoms with Crippen LogP contribution in [0.2, 0.25) is 0 Å². The monoisotopic (exact) mass is 291 g/mol. The highest BCUT2D eigenvalue weighted by Crippen LogP contribution is 2.04. The molecular formula is C9H13N3O6S. The van der Waals surface area contributed by atoms with Gasteiger partial charge in [0.05, 0.1) is 0 Å². The van der Waals surface area contributed by atoms with Gasteiger partial charge in [0.25, 0.3) is 5.56 Å². The van der Waals surface area contributed by atoms with Crippen molar-refractivity contribution in [2.45, 2.75) is 30.7 Å². The van der Waals surface area contributed by atoms with Crippen molar-refractivity contribution in [1.82, 2.24) is 14.7 Å². The summed E-state index contributed by atoms with van der Waals surface area (Å²) in [5.41, 5.74) is -1.97. The van der Waals surface area contributed by atoms with E-state index in [1.165, 1.54) is 0 Å². The molecule has 1 aromatic rings. The average molecular weight is 291 g/mol. The number of hydrogen-bond acceptors (Lipinski definition) is 5. The lowest BCUT2D eigenvalue weighted by Gasteiger charge is -2.13. The smallest absolute Gasteiger partial charge is 0.325 e. The van der Waals surface area contributed by atoms with Crippen LogP contribution >= 0.6 is 0 Å². The van der Waals surface area contributed by atoms with Crippen LogP contribution in [-0.2, 0) is 14.8 Å². The Kier molecular flexibility index (Phi) is 4.62. The lowest BCUT2D eigenvalue weighted by molar-refractivity contribution is -0.139. The standard InChI is InChI=1S/C9H13N3O6S/c1-2-3-5(8(14)15)12-19(17,18)6-4-10-9(16)11-7(6)13/h4-5,12H,2-3H2,1H3,(H,14,15)(H2,10,11,13,16)/t5-/m0/s1. The maximum Gasteiger partial charge on any atom is 0.325 e. The number of aliphatic carboxylic acids is 1. The fourth-order valence-corrected chi connectivity index (χ4v) is 2.60. The van der Waals surface area contributed by atoms with E-state index in [4.69, 9.17) is 5.11 Å². The molecule has 0 fully saturated rings. The highest BCUT2D eigenvalue weighted by Gasteiger charge is 2.26. The van der Waals surface area contributed by atoms with Crippen molar-refractivity contribution in [3.63, 3.8) is 0 Å². The highest BCUT2D eigenvalue weighted by molar-refractivity contribution is 7.89. The molecule has 0 radical (unpaired) electrons. The van der Waals surface area contributed by atoms with Crippen LogP contribution in [0, 0.1) is 0 Å². The molecule has 1 aromatic heterocycles. The van der Waals surface area contributed by atoms with E-state index in [1.807, 2.05) is 9.71 Å². The van der Waals surface area contributed by atoms with Crippen LogP contribution in [0.15, 0.2) is 20.7 Å². The van der Waals surface area contributed by atoms with Gasteiger partial charge in [-0.3, -0.25) is 14.6 Å². The van der Waals surface area contributed by atoms with Gasteiger partial charge in [-0.2, -0.15) is 4.72 Å². The number of carboxylic acids is 1. The van der Waals surface area contributed by atoms with E-state index >= 15 is 0 Å². The van der Waals surface area contributed by atoms with Gasteiger partial charge in [0, 0.05) is 6.20 Å². The van der Waals surface area contributed by atoms with Gasteiger partial charge < -0.3 is 10.1 Å². The van der Waals surface area contributed by atoms with Crippen molar-refractivity contribution in [1.29, 1.82) is 0 Å². The fourth-order valence-electron chi connectivity index (χ4n) is 1.37. The molecule has 0 aromatic carbocycles. The summed E-state index contributed by atoms with van der Waals surface area (Å²) < 4.78 is 25.6. The Balaban J connectivity index is 3.13. The van der Waals surface area contributed by atoms with E-state index in [0.717, 1.165) is 0 Å². The number of rotatable bonds is 6. The summed E-state index contributed by atoms with van der Waals surface area (Å²) in [5.74, 6) is -1.34. The first-order valence-corrected chi connectivity index (χ1v) is 6.83. The highest BCUT2D eigenvalue weighted by atomic mass is 32.2. The van der Waals surface area contributed by atoms with Crippen LogP contribution in [0.1, 0.15) is 19.8 Å². The average Bonchev–Trinajstić information content (AvgIpc) is 2.27. The number of aromatic nitrogens is 2. The van der Waals surface area contributed by atoms with Gasteiger partial charge in [-0.1, -0.05) is 13.3 Å². The quantitative estimate of drug-likeness (QED) is 0.506. The summed E-state index contributed by atoms with van der Waals surface area (Å²) in [5, 5.41) is 8.86. The molecule has 0 unspecified atom stereocenters. The van der Waals surface area contributed by atoms with Gasteiger partial charge in [0.2, 0.25) is 10.0 Å². The summed E-state index contributed by atoms with van der Waals surface area (Å²) in [4.78, 5) is 36.0. The molecule has 19 heavy (non-hydrogen) atoms. The van der Waals surface area contributed by atoms with Crippen LogP contribution < -0.4 is 16.0 Å². The zero-order chi connectivity index (χ0) is 14.6. The lowest BCUT2D eigenvalue weighted by atomic mass is 10.2. The molecule has 4 N–H and O–H groups in total. The van der Waals surface area contributed by atoms with Crippen molar-refractivity contribution in [3.05, 3.63) is 27.0 Å². The zero-order valence-corrected chi connectivity index (χ0v) is 10.8. The van der Waals surface area contributed by atoms with Crippen LogP contribution in [-0.4, -0.2) is 35.5 Å². The third kappa shape index (κ3) is 3.76. The SMILES string of the molecule is CCC[C@H](NS(=O)(=O)c1c[nH]c(=O)[nH]c1=O)C(=O)O. The predicted molar refractivity (Wildman–Crippen MR) is 64.3 cm³/mol. The summed E-state index contributed by atoms with van der Waals surface area (Å²) >= 11 is 0. The minimum Gasteiger partial charge on any atom is -0.480 e. The van der Waals surface area contributed by atoms with Crippen LogP contribution in [0.3, 0.4) is 0 Å². The molecule has 1 heterocycles. The first-order valence-electron chi connectivity index (χ1n) is 5.35. The first-order chi connectivity index (χ1) is 8.77. The number of carbonyl (C=O) groups is 1. The topological polar surface area (TPSA) is 149 Å². The molecule has 0 saturated carbocycles. The zero-order valence-electron chi connectivity index (χ0n) is 9.97. The lowest BCUT2D eigenvalue weighted by Crippen LogP contribution is -2.42. The Morgan fingerprint density at radius 1 is 1.47 bits per heavy atom. The van der Waals surface area contributed by atoms with Gasteiger partial charge in [0.1, 0.15) is 6.04 Å². The molecule has 0 bridgehead atoms. The van der Waals surface area contributed by atoms with E-state index in [0.29, 0.717) is 12.6 Å². The molecule has 0 spiro atoms. The van der Waals surface area contributed by atoms with Crippen LogP contribution in [0.25, 0.3) is 0 Å².